The van der Waals surface area contributed by atoms with Crippen molar-refractivity contribution in [3.63, 3.8) is 0 Å². The molecule has 2 rings (SSSR count). The summed E-state index contributed by atoms with van der Waals surface area (Å²) < 4.78 is 11.1. The van der Waals surface area contributed by atoms with Crippen molar-refractivity contribution in [2.24, 2.45) is 0 Å². The standard InChI is InChI=1S/C21H23BrN2O4S/c1-3-5-10-24-17-9-8-15(22)13-18(17)29-20(24)16(14-23)21(26)28-12-7-6-11-27-19(25)4-2/h4,8-9,13H,2-3,5-7,10-12H2,1H3/b20-16-. The molecule has 1 aliphatic heterocycles. The Labute approximate surface area is 183 Å². The zero-order chi connectivity index (χ0) is 21.2. The zero-order valence-corrected chi connectivity index (χ0v) is 18.7. The topological polar surface area (TPSA) is 79.6 Å². The van der Waals surface area contributed by atoms with E-state index in [9.17, 15) is 14.9 Å². The number of esters is 2. The van der Waals surface area contributed by atoms with E-state index in [1.165, 1.54) is 11.8 Å². The SMILES string of the molecule is C=CC(=O)OCCCCOC(=O)/C(C#N)=C1\Sc2cc(Br)ccc2N1CCCC. The number of carbonyl (C=O) groups excluding carboxylic acids is 2. The molecule has 0 bridgehead atoms. The number of benzene rings is 1. The molecule has 154 valence electrons. The Kier molecular flexibility index (Phi) is 9.29. The van der Waals surface area contributed by atoms with E-state index in [0.29, 0.717) is 17.9 Å². The fourth-order valence-corrected chi connectivity index (χ4v) is 4.36. The van der Waals surface area contributed by atoms with Gasteiger partial charge >= 0.3 is 11.9 Å². The summed E-state index contributed by atoms with van der Waals surface area (Å²) in [5.74, 6) is -1.11. The lowest BCUT2D eigenvalue weighted by molar-refractivity contribution is -0.140. The number of nitrogens with zero attached hydrogens (tertiary/aromatic N) is 2. The molecular formula is C21H23BrN2O4S. The minimum Gasteiger partial charge on any atom is -0.463 e. The van der Waals surface area contributed by atoms with Crippen LogP contribution in [0.2, 0.25) is 0 Å². The van der Waals surface area contributed by atoms with Crippen LogP contribution in [0.5, 0.6) is 0 Å². The molecule has 8 heteroatoms. The van der Waals surface area contributed by atoms with Gasteiger partial charge in [-0.3, -0.25) is 0 Å². The monoisotopic (exact) mass is 478 g/mol. The Morgan fingerprint density at radius 2 is 2.00 bits per heavy atom. The predicted octanol–water partition coefficient (Wildman–Crippen LogP) is 4.95. The molecule has 0 saturated heterocycles. The Morgan fingerprint density at radius 1 is 1.28 bits per heavy atom. The molecule has 0 spiro atoms. The molecule has 1 aliphatic rings. The summed E-state index contributed by atoms with van der Waals surface area (Å²) >= 11 is 4.88. The highest BCUT2D eigenvalue weighted by Gasteiger charge is 2.31. The second-order valence-corrected chi connectivity index (χ2v) is 8.17. The lowest BCUT2D eigenvalue weighted by Gasteiger charge is -2.21. The Balaban J connectivity index is 2.04. The summed E-state index contributed by atoms with van der Waals surface area (Å²) in [5.41, 5.74) is 1.00. The summed E-state index contributed by atoms with van der Waals surface area (Å²) in [5, 5.41) is 10.2. The van der Waals surface area contributed by atoms with Crippen LogP contribution in [0.1, 0.15) is 32.6 Å². The van der Waals surface area contributed by atoms with Crippen molar-refractivity contribution in [3.05, 3.63) is 45.9 Å². The third kappa shape index (κ3) is 6.38. The fourth-order valence-electron chi connectivity index (χ4n) is 2.64. The van der Waals surface area contributed by atoms with Gasteiger partial charge in [-0.2, -0.15) is 5.26 Å². The number of carbonyl (C=O) groups is 2. The molecule has 0 fully saturated rings. The van der Waals surface area contributed by atoms with E-state index >= 15 is 0 Å². The molecule has 0 unspecified atom stereocenters. The molecule has 6 nitrogen and oxygen atoms in total. The van der Waals surface area contributed by atoms with Gasteiger partial charge in [0.05, 0.1) is 18.9 Å². The van der Waals surface area contributed by atoms with Crippen molar-refractivity contribution in [2.45, 2.75) is 37.5 Å². The van der Waals surface area contributed by atoms with Crippen LogP contribution in [0.3, 0.4) is 0 Å². The zero-order valence-electron chi connectivity index (χ0n) is 16.3. The fraction of sp³-hybridized carbons (Fsp3) is 0.381. The van der Waals surface area contributed by atoms with Crippen LogP contribution in [0.15, 0.2) is 50.8 Å². The van der Waals surface area contributed by atoms with Gasteiger partial charge < -0.3 is 14.4 Å². The molecule has 0 N–H and O–H groups in total. The largest absolute Gasteiger partial charge is 0.463 e. The van der Waals surface area contributed by atoms with Gasteiger partial charge in [0.15, 0.2) is 5.57 Å². The Bertz CT molecular complexity index is 848. The molecule has 0 radical (unpaired) electrons. The first-order chi connectivity index (χ1) is 14.0. The van der Waals surface area contributed by atoms with E-state index in [1.54, 1.807) is 0 Å². The molecule has 0 aromatic heterocycles. The third-order valence-electron chi connectivity index (χ3n) is 4.11. The number of unbranched alkanes of at least 4 members (excludes halogenated alkanes) is 2. The van der Waals surface area contributed by atoms with Crippen LogP contribution in [-0.2, 0) is 19.1 Å². The molecule has 0 aliphatic carbocycles. The number of hydrogen-bond acceptors (Lipinski definition) is 7. The second-order valence-electron chi connectivity index (χ2n) is 6.23. The first-order valence-corrected chi connectivity index (χ1v) is 11.0. The molecule has 29 heavy (non-hydrogen) atoms. The maximum atomic E-state index is 12.5. The van der Waals surface area contributed by atoms with Gasteiger partial charge in [-0.1, -0.05) is 47.6 Å². The predicted molar refractivity (Wildman–Crippen MR) is 116 cm³/mol. The minimum absolute atomic E-state index is 0.0107. The highest BCUT2D eigenvalue weighted by Crippen LogP contribution is 2.48. The van der Waals surface area contributed by atoms with E-state index in [1.807, 2.05) is 29.2 Å². The number of nitriles is 1. The van der Waals surface area contributed by atoms with Crippen LogP contribution in [0, 0.1) is 11.3 Å². The molecule has 0 amide bonds. The van der Waals surface area contributed by atoms with E-state index in [4.69, 9.17) is 9.47 Å². The van der Waals surface area contributed by atoms with Gasteiger partial charge in [0.1, 0.15) is 11.1 Å². The molecule has 1 aromatic carbocycles. The second kappa shape index (κ2) is 11.7. The molecule has 0 saturated carbocycles. The van der Waals surface area contributed by atoms with Gasteiger partial charge in [-0.25, -0.2) is 9.59 Å². The van der Waals surface area contributed by atoms with Crippen LogP contribution in [-0.4, -0.2) is 31.7 Å². The molecule has 1 heterocycles. The quantitative estimate of drug-likeness (QED) is 0.203. The van der Waals surface area contributed by atoms with Crippen LogP contribution >= 0.6 is 27.7 Å². The first-order valence-electron chi connectivity index (χ1n) is 9.37. The Morgan fingerprint density at radius 3 is 2.66 bits per heavy atom. The average Bonchev–Trinajstić information content (AvgIpc) is 3.06. The lowest BCUT2D eigenvalue weighted by atomic mass is 10.2. The number of rotatable bonds is 10. The highest BCUT2D eigenvalue weighted by atomic mass is 79.9. The van der Waals surface area contributed by atoms with Crippen LogP contribution in [0.25, 0.3) is 0 Å². The first kappa shape index (κ1) is 23.0. The number of thioether (sulfide) groups is 1. The van der Waals surface area contributed by atoms with Crippen molar-refractivity contribution in [3.8, 4) is 6.07 Å². The lowest BCUT2D eigenvalue weighted by Crippen LogP contribution is -2.22. The van der Waals surface area contributed by atoms with Crippen molar-refractivity contribution in [1.29, 1.82) is 5.26 Å². The van der Waals surface area contributed by atoms with E-state index in [0.717, 1.165) is 40.5 Å². The van der Waals surface area contributed by atoms with Crippen molar-refractivity contribution in [1.82, 2.24) is 0 Å². The van der Waals surface area contributed by atoms with Gasteiger partial charge in [0, 0.05) is 22.0 Å². The minimum atomic E-state index is -0.633. The van der Waals surface area contributed by atoms with Gasteiger partial charge in [-0.15, -0.1) is 0 Å². The smallest absolute Gasteiger partial charge is 0.351 e. The molecule has 1 aromatic rings. The molecule has 0 atom stereocenters. The van der Waals surface area contributed by atoms with Crippen molar-refractivity contribution in [2.75, 3.05) is 24.7 Å². The summed E-state index contributed by atoms with van der Waals surface area (Å²) in [4.78, 5) is 26.5. The van der Waals surface area contributed by atoms with Crippen molar-refractivity contribution >= 4 is 45.3 Å². The third-order valence-corrected chi connectivity index (χ3v) is 5.77. The average molecular weight is 479 g/mol. The van der Waals surface area contributed by atoms with Gasteiger partial charge in [-0.05, 0) is 37.5 Å². The molecular weight excluding hydrogens is 456 g/mol. The summed E-state index contributed by atoms with van der Waals surface area (Å²) in [6, 6.07) is 7.94. The van der Waals surface area contributed by atoms with E-state index in [-0.39, 0.29) is 18.8 Å². The normalized spacial score (nSPS) is 14.0. The van der Waals surface area contributed by atoms with Gasteiger partial charge in [0.25, 0.3) is 0 Å². The number of anilines is 1. The summed E-state index contributed by atoms with van der Waals surface area (Å²) in [6.07, 6.45) is 4.14. The van der Waals surface area contributed by atoms with E-state index < -0.39 is 11.9 Å². The van der Waals surface area contributed by atoms with Crippen molar-refractivity contribution < 1.29 is 19.1 Å². The maximum Gasteiger partial charge on any atom is 0.351 e. The van der Waals surface area contributed by atoms with E-state index in [2.05, 4.69) is 29.4 Å². The maximum absolute atomic E-state index is 12.5. The summed E-state index contributed by atoms with van der Waals surface area (Å²) in [6.45, 7) is 6.53. The summed E-state index contributed by atoms with van der Waals surface area (Å²) in [7, 11) is 0. The van der Waals surface area contributed by atoms with Crippen LogP contribution < -0.4 is 4.90 Å². The number of hydrogen-bond donors (Lipinski definition) is 0. The number of fused-ring (bicyclic) bond motifs is 1. The highest BCUT2D eigenvalue weighted by molar-refractivity contribution is 9.10. The van der Waals surface area contributed by atoms with Crippen LogP contribution in [0.4, 0.5) is 5.69 Å². The van der Waals surface area contributed by atoms with Gasteiger partial charge in [0.2, 0.25) is 0 Å². The Hall–Kier alpha value is -2.24. The number of ether oxygens (including phenoxy) is 2. The number of halogens is 1.